The first-order chi connectivity index (χ1) is 12.3. The van der Waals surface area contributed by atoms with E-state index in [0.717, 1.165) is 37.2 Å². The molecule has 1 aromatic carbocycles. The van der Waals surface area contributed by atoms with Crippen LogP contribution in [0.2, 0.25) is 0 Å². The summed E-state index contributed by atoms with van der Waals surface area (Å²) in [5.74, 6) is 2.07. The van der Waals surface area contributed by atoms with Gasteiger partial charge in [0.1, 0.15) is 5.75 Å². The topological polar surface area (TPSA) is 68.5 Å². The molecule has 1 amide bonds. The molecule has 25 heavy (non-hydrogen) atoms. The summed E-state index contributed by atoms with van der Waals surface area (Å²) in [5.41, 5.74) is 0.819. The monoisotopic (exact) mass is 361 g/mol. The fraction of sp³-hybridized carbons (Fsp3) is 0.500. The number of methoxy groups -OCH3 is 1. The summed E-state index contributed by atoms with van der Waals surface area (Å²) in [6, 6.07) is 7.49. The number of hydrogen-bond donors (Lipinski definition) is 0. The molecule has 0 saturated carbocycles. The van der Waals surface area contributed by atoms with Gasteiger partial charge in [0.05, 0.1) is 7.11 Å². The lowest BCUT2D eigenvalue weighted by atomic mass is 10.2. The van der Waals surface area contributed by atoms with Gasteiger partial charge in [-0.1, -0.05) is 30.7 Å². The van der Waals surface area contributed by atoms with E-state index in [4.69, 9.17) is 9.15 Å². The van der Waals surface area contributed by atoms with Crippen LogP contribution in [-0.4, -0.2) is 47.0 Å². The molecule has 7 heteroatoms. The number of amides is 1. The second-order valence-corrected chi connectivity index (χ2v) is 7.04. The molecule has 1 fully saturated rings. The number of benzene rings is 1. The first-order valence-electron chi connectivity index (χ1n) is 8.65. The van der Waals surface area contributed by atoms with Gasteiger partial charge in [-0.25, -0.2) is 0 Å². The van der Waals surface area contributed by atoms with E-state index in [-0.39, 0.29) is 5.91 Å². The molecule has 0 radical (unpaired) electrons. The fourth-order valence-electron chi connectivity index (χ4n) is 2.84. The zero-order valence-corrected chi connectivity index (χ0v) is 15.3. The summed E-state index contributed by atoms with van der Waals surface area (Å²) >= 11 is 1.42. The van der Waals surface area contributed by atoms with E-state index in [2.05, 4.69) is 10.2 Å². The molecule has 2 aromatic rings. The summed E-state index contributed by atoms with van der Waals surface area (Å²) in [6.07, 6.45) is 5.20. The van der Waals surface area contributed by atoms with Crippen LogP contribution in [0.5, 0.6) is 5.75 Å². The third kappa shape index (κ3) is 4.98. The molecule has 1 aliphatic heterocycles. The Kier molecular flexibility index (Phi) is 6.33. The van der Waals surface area contributed by atoms with Crippen molar-refractivity contribution in [2.75, 3.05) is 26.0 Å². The first-order valence-corrected chi connectivity index (χ1v) is 9.63. The number of thioether (sulfide) groups is 1. The molecular weight excluding hydrogens is 338 g/mol. The Bertz CT molecular complexity index is 696. The van der Waals surface area contributed by atoms with Gasteiger partial charge in [-0.05, 0) is 31.0 Å². The van der Waals surface area contributed by atoms with Crippen molar-refractivity contribution >= 4 is 17.7 Å². The zero-order chi connectivity index (χ0) is 17.5. The second kappa shape index (κ2) is 8.89. The molecular formula is C18H23N3O3S. The van der Waals surface area contributed by atoms with Crippen molar-refractivity contribution in [2.24, 2.45) is 0 Å². The standard InChI is InChI=1S/C18H23N3O3S/c1-23-15-8-6-7-14(13-15)17-19-20-18(24-17)25-12-9-16(22)21-10-4-2-3-5-11-21/h6-8,13H,2-5,9-12H2,1H3. The van der Waals surface area contributed by atoms with Crippen LogP contribution < -0.4 is 4.74 Å². The minimum atomic E-state index is 0.224. The molecule has 0 aliphatic carbocycles. The Morgan fingerprint density at radius 1 is 1.24 bits per heavy atom. The van der Waals surface area contributed by atoms with E-state index in [1.54, 1.807) is 7.11 Å². The van der Waals surface area contributed by atoms with E-state index >= 15 is 0 Å². The molecule has 0 bridgehead atoms. The number of aromatic nitrogens is 2. The van der Waals surface area contributed by atoms with Gasteiger partial charge in [0.2, 0.25) is 11.8 Å². The van der Waals surface area contributed by atoms with E-state index < -0.39 is 0 Å². The highest BCUT2D eigenvalue weighted by molar-refractivity contribution is 7.99. The number of carbonyl (C=O) groups is 1. The number of nitrogens with zero attached hydrogens (tertiary/aromatic N) is 3. The SMILES string of the molecule is COc1cccc(-c2nnc(SCCC(=O)N3CCCCCC3)o2)c1. The van der Waals surface area contributed by atoms with Crippen molar-refractivity contribution in [3.63, 3.8) is 0 Å². The van der Waals surface area contributed by atoms with Crippen LogP contribution in [0.15, 0.2) is 33.9 Å². The van der Waals surface area contributed by atoms with Crippen molar-refractivity contribution < 1.29 is 13.9 Å². The van der Waals surface area contributed by atoms with Crippen molar-refractivity contribution in [3.8, 4) is 17.2 Å². The van der Waals surface area contributed by atoms with Crippen LogP contribution >= 0.6 is 11.8 Å². The Morgan fingerprint density at radius 3 is 2.80 bits per heavy atom. The lowest BCUT2D eigenvalue weighted by Crippen LogP contribution is -2.31. The van der Waals surface area contributed by atoms with E-state index in [1.165, 1.54) is 24.6 Å². The molecule has 134 valence electrons. The van der Waals surface area contributed by atoms with Gasteiger partial charge in [0.25, 0.3) is 5.22 Å². The van der Waals surface area contributed by atoms with Gasteiger partial charge in [-0.3, -0.25) is 4.79 Å². The van der Waals surface area contributed by atoms with Gasteiger partial charge >= 0.3 is 0 Å². The van der Waals surface area contributed by atoms with Gasteiger partial charge in [-0.2, -0.15) is 0 Å². The van der Waals surface area contributed by atoms with Crippen LogP contribution in [0.3, 0.4) is 0 Å². The number of ether oxygens (including phenoxy) is 1. The molecule has 1 aliphatic rings. The largest absolute Gasteiger partial charge is 0.497 e. The summed E-state index contributed by atoms with van der Waals surface area (Å²) < 4.78 is 10.9. The lowest BCUT2D eigenvalue weighted by Gasteiger charge is -2.19. The van der Waals surface area contributed by atoms with E-state index in [1.807, 2.05) is 29.2 Å². The predicted molar refractivity (Wildman–Crippen MR) is 96.7 cm³/mol. The molecule has 1 saturated heterocycles. The van der Waals surface area contributed by atoms with Crippen molar-refractivity contribution in [1.82, 2.24) is 15.1 Å². The third-order valence-corrected chi connectivity index (χ3v) is 5.04. The maximum atomic E-state index is 12.3. The number of hydrogen-bond acceptors (Lipinski definition) is 6. The summed E-state index contributed by atoms with van der Waals surface area (Å²) in [7, 11) is 1.62. The molecule has 0 atom stereocenters. The first kappa shape index (κ1) is 17.8. The quantitative estimate of drug-likeness (QED) is 0.732. The van der Waals surface area contributed by atoms with Crippen LogP contribution in [0.4, 0.5) is 0 Å². The minimum Gasteiger partial charge on any atom is -0.497 e. The van der Waals surface area contributed by atoms with Crippen LogP contribution in [-0.2, 0) is 4.79 Å². The molecule has 3 rings (SSSR count). The highest BCUT2D eigenvalue weighted by atomic mass is 32.2. The van der Waals surface area contributed by atoms with Crippen LogP contribution in [0, 0.1) is 0 Å². The Labute approximate surface area is 151 Å². The molecule has 0 spiro atoms. The smallest absolute Gasteiger partial charge is 0.276 e. The highest BCUT2D eigenvalue weighted by Gasteiger charge is 2.16. The minimum absolute atomic E-state index is 0.224. The zero-order valence-electron chi connectivity index (χ0n) is 14.4. The highest BCUT2D eigenvalue weighted by Crippen LogP contribution is 2.26. The average Bonchev–Trinajstić information content (AvgIpc) is 2.94. The van der Waals surface area contributed by atoms with Crippen LogP contribution in [0.25, 0.3) is 11.5 Å². The Balaban J connectivity index is 1.50. The number of carbonyl (C=O) groups excluding carboxylic acids is 1. The second-order valence-electron chi connectivity index (χ2n) is 6.00. The summed E-state index contributed by atoms with van der Waals surface area (Å²) in [6.45, 7) is 1.79. The molecule has 0 unspecified atom stereocenters. The molecule has 0 N–H and O–H groups in total. The Morgan fingerprint density at radius 2 is 2.04 bits per heavy atom. The normalized spacial score (nSPS) is 15.0. The molecule has 1 aromatic heterocycles. The number of rotatable bonds is 6. The predicted octanol–water partition coefficient (Wildman–Crippen LogP) is 3.63. The summed E-state index contributed by atoms with van der Waals surface area (Å²) in [4.78, 5) is 14.3. The third-order valence-electron chi connectivity index (χ3n) is 4.22. The van der Waals surface area contributed by atoms with Gasteiger partial charge in [0.15, 0.2) is 0 Å². The maximum absolute atomic E-state index is 12.3. The molecule has 6 nitrogen and oxygen atoms in total. The Hall–Kier alpha value is -2.02. The average molecular weight is 361 g/mol. The van der Waals surface area contributed by atoms with Crippen molar-refractivity contribution in [1.29, 1.82) is 0 Å². The van der Waals surface area contributed by atoms with E-state index in [9.17, 15) is 4.79 Å². The van der Waals surface area contributed by atoms with Crippen molar-refractivity contribution in [3.05, 3.63) is 24.3 Å². The number of likely N-dealkylation sites (tertiary alicyclic amines) is 1. The van der Waals surface area contributed by atoms with E-state index in [0.29, 0.717) is 23.3 Å². The maximum Gasteiger partial charge on any atom is 0.276 e. The lowest BCUT2D eigenvalue weighted by molar-refractivity contribution is -0.130. The van der Waals surface area contributed by atoms with Gasteiger partial charge in [-0.15, -0.1) is 10.2 Å². The van der Waals surface area contributed by atoms with Gasteiger partial charge < -0.3 is 14.1 Å². The van der Waals surface area contributed by atoms with Gasteiger partial charge in [0, 0.05) is 30.8 Å². The fourth-order valence-corrected chi connectivity index (χ4v) is 3.53. The molecule has 2 heterocycles. The summed E-state index contributed by atoms with van der Waals surface area (Å²) in [5, 5.41) is 8.61. The van der Waals surface area contributed by atoms with Crippen molar-refractivity contribution in [2.45, 2.75) is 37.3 Å². The van der Waals surface area contributed by atoms with Crippen LogP contribution in [0.1, 0.15) is 32.1 Å².